The smallest absolute Gasteiger partial charge is 0.222 e. The van der Waals surface area contributed by atoms with Gasteiger partial charge in [0.25, 0.3) is 0 Å². The van der Waals surface area contributed by atoms with Crippen LogP contribution < -0.4 is 0 Å². The second kappa shape index (κ2) is 7.04. The van der Waals surface area contributed by atoms with E-state index in [1.165, 1.54) is 12.8 Å². The molecule has 3 heterocycles. The molecule has 0 bridgehead atoms. The number of carbonyl (C=O) groups is 1. The lowest BCUT2D eigenvalue weighted by Crippen LogP contribution is -2.54. The summed E-state index contributed by atoms with van der Waals surface area (Å²) < 4.78 is 2.11. The highest BCUT2D eigenvalue weighted by Crippen LogP contribution is 2.39. The maximum atomic E-state index is 12.2. The molecule has 2 aliphatic rings. The van der Waals surface area contributed by atoms with Gasteiger partial charge in [-0.1, -0.05) is 13.3 Å². The fourth-order valence-electron chi connectivity index (χ4n) is 4.18. The zero-order chi connectivity index (χ0) is 16.3. The molecule has 5 nitrogen and oxygen atoms in total. The first-order valence-electron chi connectivity index (χ1n) is 9.08. The second-order valence-corrected chi connectivity index (χ2v) is 7.44. The highest BCUT2D eigenvalue weighted by molar-refractivity contribution is 5.77. The maximum absolute atomic E-state index is 12.2. The first kappa shape index (κ1) is 16.5. The van der Waals surface area contributed by atoms with Crippen molar-refractivity contribution in [3.05, 3.63) is 18.2 Å². The summed E-state index contributed by atoms with van der Waals surface area (Å²) in [6, 6.07) is 0. The summed E-state index contributed by atoms with van der Waals surface area (Å²) in [6.07, 6.45) is 10.5. The molecule has 0 aliphatic carbocycles. The molecule has 0 unspecified atom stereocenters. The van der Waals surface area contributed by atoms with Crippen LogP contribution >= 0.6 is 0 Å². The van der Waals surface area contributed by atoms with Gasteiger partial charge in [0.2, 0.25) is 5.91 Å². The van der Waals surface area contributed by atoms with Crippen molar-refractivity contribution in [2.45, 2.75) is 52.0 Å². The van der Waals surface area contributed by atoms with Crippen molar-refractivity contribution in [2.24, 2.45) is 12.5 Å². The number of hydrogen-bond donors (Lipinski definition) is 0. The number of aromatic nitrogens is 2. The third-order valence-electron chi connectivity index (χ3n) is 5.56. The average molecular weight is 318 g/mol. The van der Waals surface area contributed by atoms with E-state index in [0.29, 0.717) is 11.3 Å². The Labute approximate surface area is 139 Å². The van der Waals surface area contributed by atoms with Gasteiger partial charge in [-0.3, -0.25) is 9.69 Å². The molecule has 1 atom stereocenters. The molecular weight excluding hydrogens is 288 g/mol. The summed E-state index contributed by atoms with van der Waals surface area (Å²) in [7, 11) is 2.06. The SMILES string of the molecule is CCCCN1C[C@]2(CCCN(Cc3nccn3C)C2)CCC1=O. The number of piperidine rings is 2. The summed E-state index contributed by atoms with van der Waals surface area (Å²) in [5.74, 6) is 1.50. The van der Waals surface area contributed by atoms with E-state index >= 15 is 0 Å². The van der Waals surface area contributed by atoms with Gasteiger partial charge in [-0.25, -0.2) is 4.98 Å². The quantitative estimate of drug-likeness (QED) is 0.837. The molecule has 128 valence electrons. The van der Waals surface area contributed by atoms with Crippen LogP contribution in [0.5, 0.6) is 0 Å². The minimum atomic E-state index is 0.311. The summed E-state index contributed by atoms with van der Waals surface area (Å²) in [6.45, 7) is 7.28. The van der Waals surface area contributed by atoms with E-state index in [2.05, 4.69) is 33.3 Å². The van der Waals surface area contributed by atoms with Gasteiger partial charge in [0.1, 0.15) is 5.82 Å². The van der Waals surface area contributed by atoms with E-state index in [-0.39, 0.29) is 0 Å². The van der Waals surface area contributed by atoms with Crippen molar-refractivity contribution >= 4 is 5.91 Å². The Kier molecular flexibility index (Phi) is 5.05. The molecule has 3 rings (SSSR count). The van der Waals surface area contributed by atoms with Crippen molar-refractivity contribution in [3.8, 4) is 0 Å². The first-order valence-corrected chi connectivity index (χ1v) is 9.08. The highest BCUT2D eigenvalue weighted by atomic mass is 16.2. The predicted octanol–water partition coefficient (Wildman–Crippen LogP) is 2.42. The van der Waals surface area contributed by atoms with Crippen molar-refractivity contribution < 1.29 is 4.79 Å². The van der Waals surface area contributed by atoms with E-state index < -0.39 is 0 Å². The minimum absolute atomic E-state index is 0.311. The van der Waals surface area contributed by atoms with Gasteiger partial charge >= 0.3 is 0 Å². The second-order valence-electron chi connectivity index (χ2n) is 7.44. The largest absolute Gasteiger partial charge is 0.342 e. The molecule has 5 heteroatoms. The highest BCUT2D eigenvalue weighted by Gasteiger charge is 2.41. The van der Waals surface area contributed by atoms with Crippen LogP contribution in [0.2, 0.25) is 0 Å². The van der Waals surface area contributed by atoms with Gasteiger partial charge in [-0.2, -0.15) is 0 Å². The topological polar surface area (TPSA) is 41.4 Å². The van der Waals surface area contributed by atoms with Gasteiger partial charge in [0, 0.05) is 50.9 Å². The van der Waals surface area contributed by atoms with Gasteiger partial charge in [-0.05, 0) is 32.2 Å². The van der Waals surface area contributed by atoms with Crippen molar-refractivity contribution in [1.82, 2.24) is 19.4 Å². The third-order valence-corrected chi connectivity index (χ3v) is 5.56. The van der Waals surface area contributed by atoms with Gasteiger partial charge in [0.05, 0.1) is 6.54 Å². The summed E-state index contributed by atoms with van der Waals surface area (Å²) in [4.78, 5) is 21.4. The van der Waals surface area contributed by atoms with Crippen LogP contribution in [0, 0.1) is 5.41 Å². The molecule has 0 radical (unpaired) electrons. The third kappa shape index (κ3) is 3.77. The van der Waals surface area contributed by atoms with Crippen LogP contribution in [0.25, 0.3) is 0 Å². The Hall–Kier alpha value is -1.36. The Balaban J connectivity index is 1.64. The molecule has 0 saturated carbocycles. The molecule has 1 aromatic heterocycles. The van der Waals surface area contributed by atoms with E-state index in [1.807, 2.05) is 12.4 Å². The fourth-order valence-corrected chi connectivity index (χ4v) is 4.18. The molecule has 2 saturated heterocycles. The molecule has 1 aromatic rings. The molecule has 1 spiro atoms. The Morgan fingerprint density at radius 3 is 2.91 bits per heavy atom. The standard InChI is InChI=1S/C18H30N4O/c1-3-4-11-22-15-18(8-6-17(22)23)7-5-10-21(14-18)13-16-19-9-12-20(16)2/h9,12H,3-8,10-11,13-15H2,1-2H3/t18-/m1/s1. The van der Waals surface area contributed by atoms with Crippen LogP contribution in [-0.4, -0.2) is 51.4 Å². The normalized spacial score (nSPS) is 26.2. The molecule has 1 amide bonds. The summed E-state index contributed by atoms with van der Waals surface area (Å²) in [5.41, 5.74) is 0.311. The number of aryl methyl sites for hydroxylation is 1. The number of imidazole rings is 1. The van der Waals surface area contributed by atoms with Gasteiger partial charge < -0.3 is 9.47 Å². The molecule has 2 aliphatic heterocycles. The van der Waals surface area contributed by atoms with Gasteiger partial charge in [-0.15, -0.1) is 0 Å². The van der Waals surface area contributed by atoms with Crippen molar-refractivity contribution in [3.63, 3.8) is 0 Å². The molecule has 0 aromatic carbocycles. The number of hydrogen-bond acceptors (Lipinski definition) is 3. The molecule has 0 N–H and O–H groups in total. The van der Waals surface area contributed by atoms with Crippen LogP contribution in [0.4, 0.5) is 0 Å². The summed E-state index contributed by atoms with van der Waals surface area (Å²) in [5, 5.41) is 0. The molecule has 2 fully saturated rings. The van der Waals surface area contributed by atoms with Crippen molar-refractivity contribution in [1.29, 1.82) is 0 Å². The maximum Gasteiger partial charge on any atom is 0.222 e. The first-order chi connectivity index (χ1) is 11.1. The van der Waals surface area contributed by atoms with E-state index in [9.17, 15) is 4.79 Å². The molecule has 23 heavy (non-hydrogen) atoms. The van der Waals surface area contributed by atoms with Gasteiger partial charge in [0.15, 0.2) is 0 Å². The lowest BCUT2D eigenvalue weighted by atomic mass is 9.73. The number of nitrogens with zero attached hydrogens (tertiary/aromatic N) is 4. The number of rotatable bonds is 5. The predicted molar refractivity (Wildman–Crippen MR) is 90.9 cm³/mol. The zero-order valence-corrected chi connectivity index (χ0v) is 14.6. The monoisotopic (exact) mass is 318 g/mol. The summed E-state index contributed by atoms with van der Waals surface area (Å²) >= 11 is 0. The lowest BCUT2D eigenvalue weighted by Gasteiger charge is -2.48. The molecular formula is C18H30N4O. The van der Waals surface area contributed by atoms with Crippen LogP contribution in [0.1, 0.15) is 51.3 Å². The van der Waals surface area contributed by atoms with Crippen molar-refractivity contribution in [2.75, 3.05) is 26.2 Å². The van der Waals surface area contributed by atoms with E-state index in [1.54, 1.807) is 0 Å². The fraction of sp³-hybridized carbons (Fsp3) is 0.778. The van der Waals surface area contributed by atoms with Crippen LogP contribution in [0.15, 0.2) is 12.4 Å². The number of amides is 1. The van der Waals surface area contributed by atoms with Crippen LogP contribution in [-0.2, 0) is 18.4 Å². The Morgan fingerprint density at radius 1 is 1.30 bits per heavy atom. The van der Waals surface area contributed by atoms with Crippen LogP contribution in [0.3, 0.4) is 0 Å². The zero-order valence-electron chi connectivity index (χ0n) is 14.6. The Bertz CT molecular complexity index is 541. The number of unbranched alkanes of at least 4 members (excludes halogenated alkanes) is 1. The Morgan fingerprint density at radius 2 is 2.17 bits per heavy atom. The minimum Gasteiger partial charge on any atom is -0.342 e. The number of carbonyl (C=O) groups excluding carboxylic acids is 1. The lowest BCUT2D eigenvalue weighted by molar-refractivity contribution is -0.139. The number of likely N-dealkylation sites (tertiary alicyclic amines) is 2. The van der Waals surface area contributed by atoms with E-state index in [4.69, 9.17) is 0 Å². The van der Waals surface area contributed by atoms with E-state index in [0.717, 1.165) is 64.2 Å². The average Bonchev–Trinajstić information content (AvgIpc) is 2.94.